The van der Waals surface area contributed by atoms with Gasteiger partial charge in [-0.05, 0) is 36.1 Å². The number of ether oxygens (including phenoxy) is 1. The van der Waals surface area contributed by atoms with Crippen molar-refractivity contribution in [2.75, 3.05) is 7.11 Å². The smallest absolute Gasteiger partial charge is 0.243 e. The summed E-state index contributed by atoms with van der Waals surface area (Å²) in [6.07, 6.45) is 2.92. The number of amides is 2. The molecule has 0 spiro atoms. The van der Waals surface area contributed by atoms with E-state index >= 15 is 0 Å². The Hall–Kier alpha value is -2.82. The molecule has 27 heavy (non-hydrogen) atoms. The summed E-state index contributed by atoms with van der Waals surface area (Å²) in [5.41, 5.74) is 2.01. The van der Waals surface area contributed by atoms with Gasteiger partial charge < -0.3 is 15.0 Å². The topological polar surface area (TPSA) is 58.6 Å². The number of methoxy groups -OCH3 is 1. The van der Waals surface area contributed by atoms with Crippen molar-refractivity contribution in [1.29, 1.82) is 0 Å². The maximum Gasteiger partial charge on any atom is 0.243 e. The number of hydrogen-bond donors (Lipinski definition) is 1. The van der Waals surface area contributed by atoms with Crippen LogP contribution in [0.1, 0.15) is 36.8 Å². The lowest BCUT2D eigenvalue weighted by atomic mass is 10.1. The van der Waals surface area contributed by atoms with Crippen LogP contribution in [0.5, 0.6) is 5.75 Å². The molecule has 5 nitrogen and oxygen atoms in total. The zero-order chi connectivity index (χ0) is 19.1. The molecule has 3 rings (SSSR count). The molecule has 1 aliphatic heterocycles. The van der Waals surface area contributed by atoms with E-state index in [9.17, 15) is 9.59 Å². The van der Waals surface area contributed by atoms with E-state index in [1.165, 1.54) is 0 Å². The number of hydrogen-bond acceptors (Lipinski definition) is 3. The fourth-order valence-electron chi connectivity index (χ4n) is 3.43. The highest BCUT2D eigenvalue weighted by atomic mass is 16.5. The van der Waals surface area contributed by atoms with Crippen LogP contribution < -0.4 is 10.1 Å². The zero-order valence-corrected chi connectivity index (χ0v) is 15.7. The highest BCUT2D eigenvalue weighted by Crippen LogP contribution is 2.21. The molecule has 0 saturated carbocycles. The normalized spacial score (nSPS) is 17.3. The van der Waals surface area contributed by atoms with Gasteiger partial charge in [-0.1, -0.05) is 48.9 Å². The molecule has 1 unspecified atom stereocenters. The van der Waals surface area contributed by atoms with Crippen molar-refractivity contribution in [1.82, 2.24) is 10.2 Å². The Labute approximate surface area is 160 Å². The Bertz CT molecular complexity index is 776. The average Bonchev–Trinajstić information content (AvgIpc) is 2.89. The monoisotopic (exact) mass is 366 g/mol. The van der Waals surface area contributed by atoms with Crippen LogP contribution in [0.4, 0.5) is 0 Å². The van der Waals surface area contributed by atoms with Crippen molar-refractivity contribution in [3.63, 3.8) is 0 Å². The average molecular weight is 366 g/mol. The molecule has 5 heteroatoms. The van der Waals surface area contributed by atoms with E-state index in [1.807, 2.05) is 54.6 Å². The molecule has 142 valence electrons. The molecule has 1 saturated heterocycles. The predicted octanol–water partition coefficient (Wildman–Crippen LogP) is 3.28. The highest BCUT2D eigenvalue weighted by molar-refractivity contribution is 5.88. The summed E-state index contributed by atoms with van der Waals surface area (Å²) in [7, 11) is 1.62. The van der Waals surface area contributed by atoms with Crippen molar-refractivity contribution in [3.05, 3.63) is 65.7 Å². The third-order valence-electron chi connectivity index (χ3n) is 4.91. The van der Waals surface area contributed by atoms with Gasteiger partial charge in [0.1, 0.15) is 11.8 Å². The lowest BCUT2D eigenvalue weighted by Gasteiger charge is -2.29. The minimum absolute atomic E-state index is 0.0536. The molecular weight excluding hydrogens is 340 g/mol. The summed E-state index contributed by atoms with van der Waals surface area (Å²) in [6.45, 7) is 0.886. The molecule has 1 heterocycles. The summed E-state index contributed by atoms with van der Waals surface area (Å²) < 4.78 is 5.23. The Morgan fingerprint density at radius 3 is 2.67 bits per heavy atom. The second-order valence-electron chi connectivity index (χ2n) is 6.84. The number of carbonyl (C=O) groups excluding carboxylic acids is 2. The number of nitrogens with zero attached hydrogens (tertiary/aromatic N) is 1. The number of carbonyl (C=O) groups is 2. The van der Waals surface area contributed by atoms with Crippen LogP contribution in [0.2, 0.25) is 0 Å². The van der Waals surface area contributed by atoms with Crippen molar-refractivity contribution in [2.45, 2.75) is 44.8 Å². The van der Waals surface area contributed by atoms with E-state index in [0.29, 0.717) is 25.9 Å². The van der Waals surface area contributed by atoms with Gasteiger partial charge >= 0.3 is 0 Å². The van der Waals surface area contributed by atoms with Gasteiger partial charge in [-0.2, -0.15) is 0 Å². The molecule has 0 aromatic heterocycles. The largest absolute Gasteiger partial charge is 0.497 e. The minimum Gasteiger partial charge on any atom is -0.497 e. The van der Waals surface area contributed by atoms with E-state index in [0.717, 1.165) is 29.7 Å². The molecule has 1 atom stereocenters. The Balaban J connectivity index is 1.69. The van der Waals surface area contributed by atoms with Gasteiger partial charge in [-0.25, -0.2) is 0 Å². The van der Waals surface area contributed by atoms with Crippen LogP contribution in [0, 0.1) is 0 Å². The van der Waals surface area contributed by atoms with E-state index < -0.39 is 6.04 Å². The van der Waals surface area contributed by atoms with Crippen molar-refractivity contribution >= 4 is 11.8 Å². The molecule has 2 aromatic carbocycles. The second kappa shape index (κ2) is 9.21. The summed E-state index contributed by atoms with van der Waals surface area (Å²) in [6, 6.07) is 17.0. The minimum atomic E-state index is -0.425. The fraction of sp³-hybridized carbons (Fsp3) is 0.364. The molecule has 2 amide bonds. The molecule has 2 aromatic rings. The fourth-order valence-corrected chi connectivity index (χ4v) is 3.43. The van der Waals surface area contributed by atoms with Gasteiger partial charge in [0, 0.05) is 19.5 Å². The van der Waals surface area contributed by atoms with Gasteiger partial charge in [-0.15, -0.1) is 0 Å². The summed E-state index contributed by atoms with van der Waals surface area (Å²) >= 11 is 0. The first kappa shape index (κ1) is 19.0. The first-order chi connectivity index (χ1) is 13.2. The Morgan fingerprint density at radius 2 is 1.89 bits per heavy atom. The zero-order valence-electron chi connectivity index (χ0n) is 15.7. The van der Waals surface area contributed by atoms with Crippen LogP contribution >= 0.6 is 0 Å². The second-order valence-corrected chi connectivity index (χ2v) is 6.84. The number of rotatable bonds is 6. The van der Waals surface area contributed by atoms with E-state index in [-0.39, 0.29) is 11.8 Å². The molecule has 1 N–H and O–H groups in total. The van der Waals surface area contributed by atoms with E-state index in [1.54, 1.807) is 12.0 Å². The van der Waals surface area contributed by atoms with Gasteiger partial charge in [0.15, 0.2) is 0 Å². The van der Waals surface area contributed by atoms with Gasteiger partial charge in [0.2, 0.25) is 11.8 Å². The standard InChI is InChI=1S/C22H26N2O3/c1-27-19-11-7-10-18(14-19)15-23-22(26)20-12-5-6-13-21(25)24(20)16-17-8-3-2-4-9-17/h2-4,7-11,14,20H,5-6,12-13,15-16H2,1H3,(H,23,26). The number of benzene rings is 2. The SMILES string of the molecule is COc1cccc(CNC(=O)C2CCCCC(=O)N2Cc2ccccc2)c1. The number of likely N-dealkylation sites (tertiary alicyclic amines) is 1. The summed E-state index contributed by atoms with van der Waals surface area (Å²) in [5.74, 6) is 0.721. The molecule has 1 aliphatic rings. The van der Waals surface area contributed by atoms with Gasteiger partial charge in [0.05, 0.1) is 7.11 Å². The summed E-state index contributed by atoms with van der Waals surface area (Å²) in [4.78, 5) is 27.2. The highest BCUT2D eigenvalue weighted by Gasteiger charge is 2.31. The molecule has 1 fully saturated rings. The lowest BCUT2D eigenvalue weighted by Crippen LogP contribution is -2.48. The molecule has 0 aliphatic carbocycles. The first-order valence-corrected chi connectivity index (χ1v) is 9.41. The van der Waals surface area contributed by atoms with E-state index in [2.05, 4.69) is 5.32 Å². The van der Waals surface area contributed by atoms with Crippen LogP contribution in [0.25, 0.3) is 0 Å². The third-order valence-corrected chi connectivity index (χ3v) is 4.91. The van der Waals surface area contributed by atoms with Crippen molar-refractivity contribution in [2.24, 2.45) is 0 Å². The van der Waals surface area contributed by atoms with Crippen LogP contribution in [-0.4, -0.2) is 29.9 Å². The molecular formula is C22H26N2O3. The number of nitrogens with one attached hydrogen (secondary N) is 1. The molecule has 0 bridgehead atoms. The lowest BCUT2D eigenvalue weighted by molar-refractivity contribution is -0.140. The van der Waals surface area contributed by atoms with Crippen LogP contribution in [0.15, 0.2) is 54.6 Å². The van der Waals surface area contributed by atoms with Gasteiger partial charge in [0.25, 0.3) is 0 Å². The molecule has 0 radical (unpaired) electrons. The quantitative estimate of drug-likeness (QED) is 0.853. The van der Waals surface area contributed by atoms with Crippen molar-refractivity contribution < 1.29 is 14.3 Å². The van der Waals surface area contributed by atoms with Crippen LogP contribution in [0.3, 0.4) is 0 Å². The Kier molecular flexibility index (Phi) is 6.47. The third kappa shape index (κ3) is 5.09. The predicted molar refractivity (Wildman–Crippen MR) is 104 cm³/mol. The van der Waals surface area contributed by atoms with Crippen LogP contribution in [-0.2, 0) is 22.7 Å². The maximum absolute atomic E-state index is 12.9. The van der Waals surface area contributed by atoms with E-state index in [4.69, 9.17) is 4.74 Å². The first-order valence-electron chi connectivity index (χ1n) is 9.41. The maximum atomic E-state index is 12.9. The van der Waals surface area contributed by atoms with Gasteiger partial charge in [-0.3, -0.25) is 9.59 Å². The Morgan fingerprint density at radius 1 is 1.11 bits per heavy atom. The summed E-state index contributed by atoms with van der Waals surface area (Å²) in [5, 5.41) is 3.00. The van der Waals surface area contributed by atoms with Crippen molar-refractivity contribution in [3.8, 4) is 5.75 Å².